The molecule has 3 nitrogen and oxygen atoms in total. The monoisotopic (exact) mass is 225 g/mol. The second-order valence-electron chi connectivity index (χ2n) is 4.14. The van der Waals surface area contributed by atoms with Crippen LogP contribution < -0.4 is 4.90 Å². The lowest BCUT2D eigenvalue weighted by Gasteiger charge is -2.38. The first-order valence-corrected chi connectivity index (χ1v) is 5.61. The SMILES string of the molecule is C[C@H]1CN(C)CCN1c1ccc(Cl)cn1. The van der Waals surface area contributed by atoms with Gasteiger partial charge in [0.1, 0.15) is 5.82 Å². The van der Waals surface area contributed by atoms with Crippen LogP contribution in [0.25, 0.3) is 0 Å². The lowest BCUT2D eigenvalue weighted by atomic mass is 10.2. The zero-order chi connectivity index (χ0) is 10.8. The largest absolute Gasteiger partial charge is 0.351 e. The molecule has 0 amide bonds. The average Bonchev–Trinajstić information content (AvgIpc) is 2.20. The molecule has 82 valence electrons. The van der Waals surface area contributed by atoms with E-state index in [1.54, 1.807) is 6.20 Å². The summed E-state index contributed by atoms with van der Waals surface area (Å²) in [6.45, 7) is 5.44. The third-order valence-corrected chi connectivity index (χ3v) is 3.06. The highest BCUT2D eigenvalue weighted by molar-refractivity contribution is 6.30. The highest BCUT2D eigenvalue weighted by Crippen LogP contribution is 2.19. The van der Waals surface area contributed by atoms with Crippen LogP contribution in [0.5, 0.6) is 0 Å². The maximum Gasteiger partial charge on any atom is 0.128 e. The van der Waals surface area contributed by atoms with Gasteiger partial charge in [-0.2, -0.15) is 0 Å². The van der Waals surface area contributed by atoms with Crippen molar-refractivity contribution in [3.05, 3.63) is 23.4 Å². The minimum atomic E-state index is 0.512. The lowest BCUT2D eigenvalue weighted by molar-refractivity contribution is 0.274. The fourth-order valence-corrected chi connectivity index (χ4v) is 2.13. The summed E-state index contributed by atoms with van der Waals surface area (Å²) in [6, 6.07) is 4.40. The Hall–Kier alpha value is -0.800. The first-order chi connectivity index (χ1) is 7.16. The molecule has 1 fully saturated rings. The molecule has 0 saturated carbocycles. The normalized spacial score (nSPS) is 23.1. The molecule has 15 heavy (non-hydrogen) atoms. The van der Waals surface area contributed by atoms with Gasteiger partial charge in [-0.1, -0.05) is 11.6 Å². The van der Waals surface area contributed by atoms with Gasteiger partial charge in [0.2, 0.25) is 0 Å². The first kappa shape index (κ1) is 10.7. The van der Waals surface area contributed by atoms with Crippen LogP contribution in [0, 0.1) is 0 Å². The van der Waals surface area contributed by atoms with E-state index in [1.165, 1.54) is 0 Å². The number of piperazine rings is 1. The molecule has 1 aromatic heterocycles. The van der Waals surface area contributed by atoms with Crippen molar-refractivity contribution in [3.8, 4) is 0 Å². The third-order valence-electron chi connectivity index (χ3n) is 2.84. The molecule has 1 saturated heterocycles. The molecule has 0 aliphatic carbocycles. The zero-order valence-electron chi connectivity index (χ0n) is 9.15. The van der Waals surface area contributed by atoms with Crippen molar-refractivity contribution in [3.63, 3.8) is 0 Å². The summed E-state index contributed by atoms with van der Waals surface area (Å²) in [5.74, 6) is 1.03. The Bertz CT molecular complexity index is 325. The molecule has 0 aromatic carbocycles. The van der Waals surface area contributed by atoms with Crippen LogP contribution in [0.15, 0.2) is 18.3 Å². The van der Waals surface area contributed by atoms with E-state index < -0.39 is 0 Å². The van der Waals surface area contributed by atoms with Gasteiger partial charge in [-0.3, -0.25) is 0 Å². The van der Waals surface area contributed by atoms with E-state index in [2.05, 4.69) is 28.8 Å². The second kappa shape index (κ2) is 4.37. The van der Waals surface area contributed by atoms with Gasteiger partial charge in [0, 0.05) is 31.9 Å². The Morgan fingerprint density at radius 2 is 2.20 bits per heavy atom. The number of hydrogen-bond donors (Lipinski definition) is 0. The number of anilines is 1. The number of halogens is 1. The number of rotatable bonds is 1. The summed E-state index contributed by atoms with van der Waals surface area (Å²) < 4.78 is 0. The lowest BCUT2D eigenvalue weighted by Crippen LogP contribution is -2.50. The predicted molar refractivity (Wildman–Crippen MR) is 63.6 cm³/mol. The molecular formula is C11H16ClN3. The number of nitrogens with zero attached hydrogens (tertiary/aromatic N) is 3. The molecule has 4 heteroatoms. The summed E-state index contributed by atoms with van der Waals surface area (Å²) in [4.78, 5) is 9.03. The molecule has 0 bridgehead atoms. The van der Waals surface area contributed by atoms with Crippen molar-refractivity contribution >= 4 is 17.4 Å². The van der Waals surface area contributed by atoms with Crippen molar-refractivity contribution in [2.45, 2.75) is 13.0 Å². The van der Waals surface area contributed by atoms with Crippen molar-refractivity contribution in [2.75, 3.05) is 31.6 Å². The molecule has 1 atom stereocenters. The van der Waals surface area contributed by atoms with Crippen LogP contribution in [0.2, 0.25) is 5.02 Å². The van der Waals surface area contributed by atoms with Gasteiger partial charge in [-0.25, -0.2) is 4.98 Å². The van der Waals surface area contributed by atoms with Crippen LogP contribution in [0.1, 0.15) is 6.92 Å². The van der Waals surface area contributed by atoms with Crippen LogP contribution >= 0.6 is 11.6 Å². The van der Waals surface area contributed by atoms with Crippen molar-refractivity contribution in [1.82, 2.24) is 9.88 Å². The fraction of sp³-hybridized carbons (Fsp3) is 0.545. The Morgan fingerprint density at radius 3 is 2.80 bits per heavy atom. The number of pyridine rings is 1. The molecule has 2 rings (SSSR count). The zero-order valence-corrected chi connectivity index (χ0v) is 9.91. The Morgan fingerprint density at radius 1 is 1.40 bits per heavy atom. The molecule has 1 aliphatic rings. The van der Waals surface area contributed by atoms with E-state index in [9.17, 15) is 0 Å². The topological polar surface area (TPSA) is 19.4 Å². The standard InChI is InChI=1S/C11H16ClN3/c1-9-8-14(2)5-6-15(9)11-4-3-10(12)7-13-11/h3-4,7,9H,5-6,8H2,1-2H3/t9-/m0/s1. The third kappa shape index (κ3) is 2.41. The maximum absolute atomic E-state index is 5.82. The first-order valence-electron chi connectivity index (χ1n) is 5.23. The van der Waals surface area contributed by atoms with Gasteiger partial charge in [-0.05, 0) is 26.1 Å². The Kier molecular flexibility index (Phi) is 3.12. The van der Waals surface area contributed by atoms with Crippen LogP contribution in [0.3, 0.4) is 0 Å². The van der Waals surface area contributed by atoms with Crippen LogP contribution in [-0.2, 0) is 0 Å². The van der Waals surface area contributed by atoms with Gasteiger partial charge >= 0.3 is 0 Å². The quantitative estimate of drug-likeness (QED) is 0.728. The van der Waals surface area contributed by atoms with Crippen molar-refractivity contribution in [2.24, 2.45) is 0 Å². The smallest absolute Gasteiger partial charge is 0.128 e. The Labute approximate surface area is 95.7 Å². The Balaban J connectivity index is 2.13. The van der Waals surface area contributed by atoms with Crippen molar-refractivity contribution < 1.29 is 0 Å². The number of hydrogen-bond acceptors (Lipinski definition) is 3. The summed E-state index contributed by atoms with van der Waals surface area (Å²) in [5.41, 5.74) is 0. The van der Waals surface area contributed by atoms with E-state index in [1.807, 2.05) is 12.1 Å². The fourth-order valence-electron chi connectivity index (χ4n) is 2.02. The van der Waals surface area contributed by atoms with Crippen LogP contribution in [-0.4, -0.2) is 42.6 Å². The minimum Gasteiger partial charge on any atom is -0.351 e. The average molecular weight is 226 g/mol. The van der Waals surface area contributed by atoms with Gasteiger partial charge in [-0.15, -0.1) is 0 Å². The summed E-state index contributed by atoms with van der Waals surface area (Å²) in [6.07, 6.45) is 1.71. The van der Waals surface area contributed by atoms with Crippen LogP contribution in [0.4, 0.5) is 5.82 Å². The second-order valence-corrected chi connectivity index (χ2v) is 4.58. The van der Waals surface area contributed by atoms with E-state index in [-0.39, 0.29) is 0 Å². The molecular weight excluding hydrogens is 210 g/mol. The van der Waals surface area contributed by atoms with Gasteiger partial charge < -0.3 is 9.80 Å². The maximum atomic E-state index is 5.82. The summed E-state index contributed by atoms with van der Waals surface area (Å²) in [5, 5.41) is 0.695. The van der Waals surface area contributed by atoms with Gasteiger partial charge in [0.15, 0.2) is 0 Å². The molecule has 0 unspecified atom stereocenters. The molecule has 0 spiro atoms. The van der Waals surface area contributed by atoms with E-state index in [0.29, 0.717) is 11.1 Å². The minimum absolute atomic E-state index is 0.512. The van der Waals surface area contributed by atoms with E-state index in [0.717, 1.165) is 25.5 Å². The van der Waals surface area contributed by atoms with Gasteiger partial charge in [0.25, 0.3) is 0 Å². The van der Waals surface area contributed by atoms with E-state index in [4.69, 9.17) is 11.6 Å². The summed E-state index contributed by atoms with van der Waals surface area (Å²) in [7, 11) is 2.16. The molecule has 2 heterocycles. The highest BCUT2D eigenvalue weighted by atomic mass is 35.5. The van der Waals surface area contributed by atoms with Gasteiger partial charge in [0.05, 0.1) is 5.02 Å². The molecule has 1 aliphatic heterocycles. The molecule has 0 N–H and O–H groups in total. The van der Waals surface area contributed by atoms with E-state index >= 15 is 0 Å². The highest BCUT2D eigenvalue weighted by Gasteiger charge is 2.22. The summed E-state index contributed by atoms with van der Waals surface area (Å²) >= 11 is 5.82. The molecule has 1 aromatic rings. The molecule has 0 radical (unpaired) electrons. The number of likely N-dealkylation sites (N-methyl/N-ethyl adjacent to an activating group) is 1. The number of aromatic nitrogens is 1. The van der Waals surface area contributed by atoms with Crippen molar-refractivity contribution in [1.29, 1.82) is 0 Å². The predicted octanol–water partition coefficient (Wildman–Crippen LogP) is 1.88.